The van der Waals surface area contributed by atoms with Crippen LogP contribution in [0.25, 0.3) is 12.2 Å². The second-order valence-electron chi connectivity index (χ2n) is 5.73. The number of ether oxygens (including phenoxy) is 2. The minimum atomic E-state index is -0.246. The summed E-state index contributed by atoms with van der Waals surface area (Å²) in [4.78, 5) is 23.7. The van der Waals surface area contributed by atoms with E-state index < -0.39 is 0 Å². The summed E-state index contributed by atoms with van der Waals surface area (Å²) in [6.07, 6.45) is 6.23. The Morgan fingerprint density at radius 1 is 0.750 bits per heavy atom. The quantitative estimate of drug-likeness (QED) is 0.518. The maximum atomic E-state index is 11.9. The van der Waals surface area contributed by atoms with Crippen LogP contribution in [0.1, 0.15) is 11.1 Å². The summed E-state index contributed by atoms with van der Waals surface area (Å²) in [6.45, 7) is 0.646. The molecule has 2 N–H and O–H groups in total. The van der Waals surface area contributed by atoms with Gasteiger partial charge >= 0.3 is 0 Å². The third-order valence-electron chi connectivity index (χ3n) is 3.83. The van der Waals surface area contributed by atoms with Crippen LogP contribution >= 0.6 is 0 Å². The van der Waals surface area contributed by atoms with E-state index in [1.54, 1.807) is 26.4 Å². The summed E-state index contributed by atoms with van der Waals surface area (Å²) in [5, 5.41) is 5.42. The number of amides is 2. The van der Waals surface area contributed by atoms with Crippen LogP contribution in [0.2, 0.25) is 0 Å². The largest absolute Gasteiger partial charge is 0.496 e. The molecule has 0 bridgehead atoms. The third-order valence-corrected chi connectivity index (χ3v) is 3.83. The highest BCUT2D eigenvalue weighted by atomic mass is 16.5. The summed E-state index contributed by atoms with van der Waals surface area (Å²) in [6, 6.07) is 14.8. The highest BCUT2D eigenvalue weighted by molar-refractivity contribution is 5.93. The standard InChI is InChI=1S/C22H24N2O4/c1-27-19-9-5-3-7-17(19)11-13-21(25)23-15-16-24-22(26)14-12-18-8-4-6-10-20(18)28-2/h3-14H,15-16H2,1-2H3,(H,23,25)(H,24,26)/b13-11+,14-12+. The summed E-state index contributed by atoms with van der Waals surface area (Å²) in [5.74, 6) is 0.899. The first kappa shape index (κ1) is 20.8. The van der Waals surface area contributed by atoms with Gasteiger partial charge in [0.25, 0.3) is 0 Å². The molecule has 0 aliphatic heterocycles. The average molecular weight is 380 g/mol. The van der Waals surface area contributed by atoms with Crippen molar-refractivity contribution in [2.45, 2.75) is 0 Å². The van der Waals surface area contributed by atoms with E-state index in [2.05, 4.69) is 10.6 Å². The lowest BCUT2D eigenvalue weighted by Gasteiger charge is -2.05. The molecule has 0 aliphatic rings. The van der Waals surface area contributed by atoms with Crippen molar-refractivity contribution in [3.8, 4) is 11.5 Å². The molecule has 146 valence electrons. The number of nitrogens with one attached hydrogen (secondary N) is 2. The molecule has 2 aromatic carbocycles. The Balaban J connectivity index is 1.73. The zero-order chi connectivity index (χ0) is 20.2. The lowest BCUT2D eigenvalue weighted by atomic mass is 10.2. The van der Waals surface area contributed by atoms with Crippen LogP contribution in [0, 0.1) is 0 Å². The molecule has 0 heterocycles. The highest BCUT2D eigenvalue weighted by Crippen LogP contribution is 2.19. The zero-order valence-corrected chi connectivity index (χ0v) is 16.0. The molecule has 6 nitrogen and oxygen atoms in total. The van der Waals surface area contributed by atoms with Crippen LogP contribution in [-0.2, 0) is 9.59 Å². The molecule has 2 aromatic rings. The zero-order valence-electron chi connectivity index (χ0n) is 16.0. The molecule has 0 aliphatic carbocycles. The van der Waals surface area contributed by atoms with Gasteiger partial charge in [0.05, 0.1) is 14.2 Å². The van der Waals surface area contributed by atoms with E-state index in [4.69, 9.17) is 9.47 Å². The number of carbonyl (C=O) groups is 2. The van der Waals surface area contributed by atoms with E-state index in [1.165, 1.54) is 12.2 Å². The van der Waals surface area contributed by atoms with Gasteiger partial charge in [0.1, 0.15) is 11.5 Å². The van der Waals surface area contributed by atoms with Crippen molar-refractivity contribution in [3.05, 3.63) is 71.8 Å². The maximum absolute atomic E-state index is 11.9. The first-order chi connectivity index (χ1) is 13.6. The SMILES string of the molecule is COc1ccccc1/C=C/C(=O)NCCNC(=O)/C=C/c1ccccc1OC. The predicted octanol–water partition coefficient (Wildman–Crippen LogP) is 2.66. The highest BCUT2D eigenvalue weighted by Gasteiger charge is 2.01. The van der Waals surface area contributed by atoms with Crippen LogP contribution < -0.4 is 20.1 Å². The molecule has 0 saturated heterocycles. The fraction of sp³-hybridized carbons (Fsp3) is 0.182. The smallest absolute Gasteiger partial charge is 0.244 e. The number of benzene rings is 2. The lowest BCUT2D eigenvalue weighted by Crippen LogP contribution is -2.33. The van der Waals surface area contributed by atoms with Crippen LogP contribution in [0.4, 0.5) is 0 Å². The summed E-state index contributed by atoms with van der Waals surface area (Å²) in [7, 11) is 3.16. The second kappa shape index (κ2) is 11.2. The normalized spacial score (nSPS) is 10.8. The molecule has 0 fully saturated rings. The van der Waals surface area contributed by atoms with E-state index in [0.29, 0.717) is 24.6 Å². The van der Waals surface area contributed by atoms with Crippen molar-refractivity contribution in [1.82, 2.24) is 10.6 Å². The Morgan fingerprint density at radius 2 is 1.14 bits per heavy atom. The molecular formula is C22H24N2O4. The Bertz CT molecular complexity index is 788. The van der Waals surface area contributed by atoms with Gasteiger partial charge < -0.3 is 20.1 Å². The minimum absolute atomic E-state index is 0.246. The molecule has 0 aromatic heterocycles. The van der Waals surface area contributed by atoms with Gasteiger partial charge in [-0.15, -0.1) is 0 Å². The van der Waals surface area contributed by atoms with Gasteiger partial charge in [-0.3, -0.25) is 9.59 Å². The maximum Gasteiger partial charge on any atom is 0.244 e. The molecule has 28 heavy (non-hydrogen) atoms. The lowest BCUT2D eigenvalue weighted by molar-refractivity contribution is -0.118. The van der Waals surface area contributed by atoms with Gasteiger partial charge in [0, 0.05) is 36.4 Å². The van der Waals surface area contributed by atoms with Gasteiger partial charge in [-0.1, -0.05) is 36.4 Å². The molecule has 0 radical (unpaired) electrons. The second-order valence-corrected chi connectivity index (χ2v) is 5.73. The number of rotatable bonds is 9. The Kier molecular flexibility index (Phi) is 8.33. The van der Waals surface area contributed by atoms with Crippen molar-refractivity contribution < 1.29 is 19.1 Å². The first-order valence-corrected chi connectivity index (χ1v) is 8.82. The molecule has 0 unspecified atom stereocenters. The first-order valence-electron chi connectivity index (χ1n) is 8.82. The predicted molar refractivity (Wildman–Crippen MR) is 110 cm³/mol. The molecule has 0 spiro atoms. The van der Waals surface area contributed by atoms with Gasteiger partial charge in [0.2, 0.25) is 11.8 Å². The summed E-state index contributed by atoms with van der Waals surface area (Å²) in [5.41, 5.74) is 1.63. The number of methoxy groups -OCH3 is 2. The van der Waals surface area contributed by atoms with Crippen molar-refractivity contribution in [2.75, 3.05) is 27.3 Å². The van der Waals surface area contributed by atoms with Crippen LogP contribution in [-0.4, -0.2) is 39.1 Å². The van der Waals surface area contributed by atoms with E-state index in [9.17, 15) is 9.59 Å². The average Bonchev–Trinajstić information content (AvgIpc) is 2.74. The van der Waals surface area contributed by atoms with Crippen LogP contribution in [0.3, 0.4) is 0 Å². The molecule has 2 amide bonds. The van der Waals surface area contributed by atoms with Gasteiger partial charge in [-0.2, -0.15) is 0 Å². The van der Waals surface area contributed by atoms with Crippen LogP contribution in [0.5, 0.6) is 11.5 Å². The monoisotopic (exact) mass is 380 g/mol. The molecule has 6 heteroatoms. The van der Waals surface area contributed by atoms with Gasteiger partial charge in [-0.25, -0.2) is 0 Å². The fourth-order valence-corrected chi connectivity index (χ4v) is 2.43. The number of hydrogen-bond donors (Lipinski definition) is 2. The summed E-state index contributed by atoms with van der Waals surface area (Å²) >= 11 is 0. The van der Waals surface area contributed by atoms with E-state index in [0.717, 1.165) is 11.1 Å². The minimum Gasteiger partial charge on any atom is -0.496 e. The van der Waals surface area contributed by atoms with Crippen molar-refractivity contribution in [3.63, 3.8) is 0 Å². The third kappa shape index (κ3) is 6.64. The van der Waals surface area contributed by atoms with E-state index in [1.807, 2.05) is 48.5 Å². The van der Waals surface area contributed by atoms with E-state index in [-0.39, 0.29) is 11.8 Å². The molecule has 0 atom stereocenters. The van der Waals surface area contributed by atoms with Crippen molar-refractivity contribution in [1.29, 1.82) is 0 Å². The Labute approximate surface area is 164 Å². The molecule has 0 saturated carbocycles. The van der Waals surface area contributed by atoms with Crippen molar-refractivity contribution in [2.24, 2.45) is 0 Å². The number of hydrogen-bond acceptors (Lipinski definition) is 4. The molecular weight excluding hydrogens is 356 g/mol. The number of carbonyl (C=O) groups excluding carboxylic acids is 2. The molecule has 2 rings (SSSR count). The van der Waals surface area contributed by atoms with E-state index >= 15 is 0 Å². The van der Waals surface area contributed by atoms with Crippen molar-refractivity contribution >= 4 is 24.0 Å². The number of para-hydroxylation sites is 2. The van der Waals surface area contributed by atoms with Gasteiger partial charge in [-0.05, 0) is 24.3 Å². The summed E-state index contributed by atoms with van der Waals surface area (Å²) < 4.78 is 10.5. The van der Waals surface area contributed by atoms with Gasteiger partial charge in [0.15, 0.2) is 0 Å². The van der Waals surface area contributed by atoms with Crippen LogP contribution in [0.15, 0.2) is 60.7 Å². The fourth-order valence-electron chi connectivity index (χ4n) is 2.43. The Hall–Kier alpha value is -3.54. The topological polar surface area (TPSA) is 76.7 Å². The Morgan fingerprint density at radius 3 is 1.54 bits per heavy atom.